The highest BCUT2D eigenvalue weighted by molar-refractivity contribution is 8.00. The highest BCUT2D eigenvalue weighted by Crippen LogP contribution is 2.32. The van der Waals surface area contributed by atoms with Crippen molar-refractivity contribution in [1.29, 1.82) is 0 Å². The van der Waals surface area contributed by atoms with Gasteiger partial charge in [-0.05, 0) is 36.5 Å². The van der Waals surface area contributed by atoms with Crippen LogP contribution >= 0.6 is 11.8 Å². The van der Waals surface area contributed by atoms with Gasteiger partial charge in [-0.15, -0.1) is 11.8 Å². The first kappa shape index (κ1) is 16.9. The fraction of sp³-hybridized carbons (Fsp3) is 0.529. The maximum absolute atomic E-state index is 12.4. The van der Waals surface area contributed by atoms with Crippen LogP contribution in [-0.2, 0) is 10.2 Å². The fourth-order valence-electron chi connectivity index (χ4n) is 2.34. The topological polar surface area (TPSA) is 49.4 Å². The van der Waals surface area contributed by atoms with Gasteiger partial charge < -0.3 is 5.32 Å². The molecule has 0 spiro atoms. The molecule has 22 heavy (non-hydrogen) atoms. The van der Waals surface area contributed by atoms with Crippen LogP contribution in [0.25, 0.3) is 0 Å². The van der Waals surface area contributed by atoms with Gasteiger partial charge in [-0.3, -0.25) is 9.69 Å². The van der Waals surface area contributed by atoms with E-state index >= 15 is 0 Å². The second-order valence-electron chi connectivity index (χ2n) is 6.71. The average molecular weight is 320 g/mol. The number of imide groups is 1. The molecule has 1 saturated heterocycles. The van der Waals surface area contributed by atoms with Crippen LogP contribution in [0.5, 0.6) is 0 Å². The molecule has 1 N–H and O–H groups in total. The van der Waals surface area contributed by atoms with Gasteiger partial charge >= 0.3 is 6.03 Å². The predicted molar refractivity (Wildman–Crippen MR) is 90.3 cm³/mol. The highest BCUT2D eigenvalue weighted by atomic mass is 32.2. The van der Waals surface area contributed by atoms with E-state index in [2.05, 4.69) is 51.2 Å². The molecule has 0 unspecified atom stereocenters. The molecular weight excluding hydrogens is 296 g/mol. The van der Waals surface area contributed by atoms with Crippen LogP contribution in [0.15, 0.2) is 23.1 Å². The number of rotatable bonds is 3. The Balaban J connectivity index is 2.16. The lowest BCUT2D eigenvalue weighted by Gasteiger charge is -2.22. The molecule has 3 amide bonds. The maximum Gasteiger partial charge on any atom is 0.324 e. The van der Waals surface area contributed by atoms with E-state index in [1.54, 1.807) is 0 Å². The second kappa shape index (κ2) is 6.32. The molecule has 0 radical (unpaired) electrons. The lowest BCUT2D eigenvalue weighted by atomic mass is 9.87. The molecule has 0 aliphatic carbocycles. The third kappa shape index (κ3) is 3.64. The van der Waals surface area contributed by atoms with Crippen LogP contribution in [0.3, 0.4) is 0 Å². The summed E-state index contributed by atoms with van der Waals surface area (Å²) >= 11 is 1.53. The number of nitrogens with one attached hydrogen (secondary N) is 1. The number of urea groups is 1. The van der Waals surface area contributed by atoms with E-state index in [1.807, 2.05) is 6.92 Å². The third-order valence-electron chi connectivity index (χ3n) is 3.83. The summed E-state index contributed by atoms with van der Waals surface area (Å²) in [6.07, 6.45) is 0. The zero-order chi connectivity index (χ0) is 16.5. The standard InChI is InChI=1S/C17H24N2O2S/c1-11-6-7-13(17(3,4)5)10-14(11)22-12(2)15(20)19-9-8-18-16(19)21/h6-7,10,12H,8-9H2,1-5H3,(H,18,21)/t12-/m0/s1. The van der Waals surface area contributed by atoms with Crippen molar-refractivity contribution in [1.82, 2.24) is 10.2 Å². The number of amides is 3. The maximum atomic E-state index is 12.4. The summed E-state index contributed by atoms with van der Waals surface area (Å²) in [5, 5.41) is 2.39. The number of hydrogen-bond donors (Lipinski definition) is 1. The van der Waals surface area contributed by atoms with E-state index in [0.717, 1.165) is 10.5 Å². The predicted octanol–water partition coefficient (Wildman–Crippen LogP) is 3.32. The van der Waals surface area contributed by atoms with Crippen molar-refractivity contribution < 1.29 is 9.59 Å². The molecular formula is C17H24N2O2S. The minimum Gasteiger partial charge on any atom is -0.336 e. The van der Waals surface area contributed by atoms with Crippen molar-refractivity contribution in [3.05, 3.63) is 29.3 Å². The number of carbonyl (C=O) groups excluding carboxylic acids is 2. The van der Waals surface area contributed by atoms with Gasteiger partial charge in [0, 0.05) is 18.0 Å². The molecule has 1 aliphatic rings. The zero-order valence-corrected chi connectivity index (χ0v) is 14.7. The number of hydrogen-bond acceptors (Lipinski definition) is 3. The Hall–Kier alpha value is -1.49. The number of benzene rings is 1. The first-order valence-electron chi connectivity index (χ1n) is 7.57. The summed E-state index contributed by atoms with van der Waals surface area (Å²) in [5.41, 5.74) is 2.48. The van der Waals surface area contributed by atoms with Crippen molar-refractivity contribution in [2.24, 2.45) is 0 Å². The normalized spacial score (nSPS) is 16.6. The van der Waals surface area contributed by atoms with Gasteiger partial charge in [0.25, 0.3) is 0 Å². The lowest BCUT2D eigenvalue weighted by Crippen LogP contribution is -2.38. The monoisotopic (exact) mass is 320 g/mol. The van der Waals surface area contributed by atoms with Crippen molar-refractivity contribution in [2.75, 3.05) is 13.1 Å². The fourth-order valence-corrected chi connectivity index (χ4v) is 3.39. The van der Waals surface area contributed by atoms with E-state index in [0.29, 0.717) is 13.1 Å². The van der Waals surface area contributed by atoms with Gasteiger partial charge in [-0.25, -0.2) is 4.79 Å². The molecule has 5 heteroatoms. The van der Waals surface area contributed by atoms with Gasteiger partial charge in [-0.1, -0.05) is 32.9 Å². The van der Waals surface area contributed by atoms with Crippen LogP contribution in [0, 0.1) is 6.92 Å². The van der Waals surface area contributed by atoms with Crippen molar-refractivity contribution in [3.8, 4) is 0 Å². The molecule has 1 aromatic rings. The lowest BCUT2D eigenvalue weighted by molar-refractivity contribution is -0.126. The van der Waals surface area contributed by atoms with Gasteiger partial charge in [0.05, 0.1) is 5.25 Å². The quantitative estimate of drug-likeness (QED) is 0.869. The molecule has 0 aromatic heterocycles. The molecule has 1 heterocycles. The number of thioether (sulfide) groups is 1. The smallest absolute Gasteiger partial charge is 0.324 e. The molecule has 0 saturated carbocycles. The zero-order valence-electron chi connectivity index (χ0n) is 13.9. The van der Waals surface area contributed by atoms with Gasteiger partial charge in [-0.2, -0.15) is 0 Å². The molecule has 2 rings (SSSR count). The molecule has 4 nitrogen and oxygen atoms in total. The molecule has 1 fully saturated rings. The molecule has 1 atom stereocenters. The number of aryl methyl sites for hydroxylation is 1. The minimum atomic E-state index is -0.280. The molecule has 0 bridgehead atoms. The number of carbonyl (C=O) groups is 2. The van der Waals surface area contributed by atoms with Crippen molar-refractivity contribution in [2.45, 2.75) is 50.2 Å². The second-order valence-corrected chi connectivity index (χ2v) is 8.09. The Morgan fingerprint density at radius 2 is 2.05 bits per heavy atom. The van der Waals surface area contributed by atoms with Crippen molar-refractivity contribution in [3.63, 3.8) is 0 Å². The Morgan fingerprint density at radius 3 is 2.59 bits per heavy atom. The van der Waals surface area contributed by atoms with Gasteiger partial charge in [0.1, 0.15) is 0 Å². The molecule has 1 aromatic carbocycles. The van der Waals surface area contributed by atoms with Crippen LogP contribution < -0.4 is 5.32 Å². The minimum absolute atomic E-state index is 0.0745. The first-order chi connectivity index (χ1) is 10.2. The SMILES string of the molecule is Cc1ccc(C(C)(C)C)cc1S[C@@H](C)C(=O)N1CCNC1=O. The summed E-state index contributed by atoms with van der Waals surface area (Å²) in [6.45, 7) is 11.4. The van der Waals surface area contributed by atoms with Gasteiger partial charge in [0.15, 0.2) is 0 Å². The average Bonchev–Trinajstić information content (AvgIpc) is 2.85. The van der Waals surface area contributed by atoms with E-state index in [-0.39, 0.29) is 22.6 Å². The summed E-state index contributed by atoms with van der Waals surface area (Å²) in [7, 11) is 0. The van der Waals surface area contributed by atoms with Crippen LogP contribution in [0.1, 0.15) is 38.8 Å². The number of nitrogens with zero attached hydrogens (tertiary/aromatic N) is 1. The summed E-state index contributed by atoms with van der Waals surface area (Å²) in [4.78, 5) is 26.4. The van der Waals surface area contributed by atoms with E-state index in [9.17, 15) is 9.59 Å². The summed E-state index contributed by atoms with van der Waals surface area (Å²) in [5.74, 6) is -0.124. The molecule has 120 valence electrons. The first-order valence-corrected chi connectivity index (χ1v) is 8.45. The van der Waals surface area contributed by atoms with E-state index in [4.69, 9.17) is 0 Å². The highest BCUT2D eigenvalue weighted by Gasteiger charge is 2.30. The third-order valence-corrected chi connectivity index (χ3v) is 5.08. The van der Waals surface area contributed by atoms with E-state index < -0.39 is 0 Å². The van der Waals surface area contributed by atoms with Crippen molar-refractivity contribution >= 4 is 23.7 Å². The Morgan fingerprint density at radius 1 is 1.36 bits per heavy atom. The van der Waals surface area contributed by atoms with E-state index in [1.165, 1.54) is 22.2 Å². The van der Waals surface area contributed by atoms with Crippen LogP contribution in [0.4, 0.5) is 4.79 Å². The van der Waals surface area contributed by atoms with Gasteiger partial charge in [0.2, 0.25) is 5.91 Å². The molecule has 1 aliphatic heterocycles. The Bertz CT molecular complexity index is 593. The Kier molecular flexibility index (Phi) is 4.85. The van der Waals surface area contributed by atoms with Crippen LogP contribution in [-0.4, -0.2) is 35.2 Å². The Labute approximate surface area is 136 Å². The summed E-state index contributed by atoms with van der Waals surface area (Å²) in [6, 6.07) is 6.12. The van der Waals surface area contributed by atoms with Crippen LogP contribution in [0.2, 0.25) is 0 Å². The summed E-state index contributed by atoms with van der Waals surface area (Å²) < 4.78 is 0. The largest absolute Gasteiger partial charge is 0.336 e.